The molecule has 1 amide bonds. The highest BCUT2D eigenvalue weighted by molar-refractivity contribution is 5.95. The standard InChI is InChI=1S/C23H30N4O3/c1-15-3-4-21-22(27(15)16(2)28)6-5-20(23(21)30-12-17-7-8-24-9-17)18-10-25-26(11-18)19-13-29-14-19/h5-6,10-11,15,17,19,24H,3-4,7-9,12-14H2,1-2H3/t15-,17?/m0/s1. The summed E-state index contributed by atoms with van der Waals surface area (Å²) in [6.07, 6.45) is 7.00. The molecule has 3 aliphatic heterocycles. The maximum atomic E-state index is 12.4. The number of hydrogen-bond acceptors (Lipinski definition) is 5. The lowest BCUT2D eigenvalue weighted by Gasteiger charge is -2.36. The van der Waals surface area contributed by atoms with E-state index in [4.69, 9.17) is 9.47 Å². The minimum absolute atomic E-state index is 0.0833. The molecule has 1 unspecified atom stereocenters. The van der Waals surface area contributed by atoms with Gasteiger partial charge in [0.25, 0.3) is 0 Å². The maximum absolute atomic E-state index is 12.4. The summed E-state index contributed by atoms with van der Waals surface area (Å²) in [5.74, 6) is 1.52. The van der Waals surface area contributed by atoms with Gasteiger partial charge in [-0.25, -0.2) is 0 Å². The molecule has 30 heavy (non-hydrogen) atoms. The molecule has 7 nitrogen and oxygen atoms in total. The molecule has 2 fully saturated rings. The topological polar surface area (TPSA) is 68.6 Å². The van der Waals surface area contributed by atoms with Gasteiger partial charge in [-0.15, -0.1) is 0 Å². The SMILES string of the molecule is CC(=O)N1c2ccc(-c3cnn(C4COC4)c3)c(OCC3CCNC3)c2CC[C@@H]1C. The monoisotopic (exact) mass is 410 g/mol. The number of fused-ring (bicyclic) bond motifs is 1. The summed E-state index contributed by atoms with van der Waals surface area (Å²) in [6, 6.07) is 4.69. The summed E-state index contributed by atoms with van der Waals surface area (Å²) in [5, 5.41) is 7.98. The van der Waals surface area contributed by atoms with E-state index >= 15 is 0 Å². The number of nitrogens with one attached hydrogen (secondary N) is 1. The fourth-order valence-electron chi connectivity index (χ4n) is 4.79. The largest absolute Gasteiger partial charge is 0.492 e. The fraction of sp³-hybridized carbons (Fsp3) is 0.565. The number of anilines is 1. The first-order valence-corrected chi connectivity index (χ1v) is 11.0. The van der Waals surface area contributed by atoms with Crippen molar-refractivity contribution >= 4 is 11.6 Å². The van der Waals surface area contributed by atoms with Gasteiger partial charge in [-0.2, -0.15) is 5.10 Å². The quantitative estimate of drug-likeness (QED) is 0.821. The molecule has 2 atom stereocenters. The van der Waals surface area contributed by atoms with Gasteiger partial charge in [0.2, 0.25) is 5.91 Å². The van der Waals surface area contributed by atoms with Crippen molar-refractivity contribution < 1.29 is 14.3 Å². The molecule has 0 radical (unpaired) electrons. The second-order valence-corrected chi connectivity index (χ2v) is 8.79. The van der Waals surface area contributed by atoms with Crippen molar-refractivity contribution in [3.8, 4) is 16.9 Å². The molecule has 1 aromatic carbocycles. The smallest absolute Gasteiger partial charge is 0.224 e. The molecule has 4 heterocycles. The molecule has 1 N–H and O–H groups in total. The maximum Gasteiger partial charge on any atom is 0.224 e. The number of rotatable bonds is 5. The van der Waals surface area contributed by atoms with E-state index in [1.807, 2.05) is 15.8 Å². The lowest BCUT2D eigenvalue weighted by molar-refractivity contribution is -0.117. The van der Waals surface area contributed by atoms with E-state index in [0.717, 1.165) is 73.7 Å². The highest BCUT2D eigenvalue weighted by atomic mass is 16.5. The molecule has 7 heteroatoms. The number of nitrogens with zero attached hydrogens (tertiary/aromatic N) is 3. The van der Waals surface area contributed by atoms with Gasteiger partial charge in [0.1, 0.15) is 5.75 Å². The van der Waals surface area contributed by atoms with Crippen molar-refractivity contribution in [1.82, 2.24) is 15.1 Å². The highest BCUT2D eigenvalue weighted by Gasteiger charge is 2.31. The lowest BCUT2D eigenvalue weighted by Crippen LogP contribution is -2.40. The van der Waals surface area contributed by atoms with Crippen LogP contribution in [0.2, 0.25) is 0 Å². The van der Waals surface area contributed by atoms with E-state index in [2.05, 4.69) is 35.7 Å². The Hall–Kier alpha value is -2.38. The Morgan fingerprint density at radius 1 is 1.33 bits per heavy atom. The molecule has 2 aromatic rings. The second-order valence-electron chi connectivity index (χ2n) is 8.79. The van der Waals surface area contributed by atoms with Crippen LogP contribution in [0.15, 0.2) is 24.5 Å². The molecule has 0 spiro atoms. The average Bonchev–Trinajstić information content (AvgIpc) is 3.36. The van der Waals surface area contributed by atoms with Gasteiger partial charge in [-0.3, -0.25) is 9.48 Å². The Bertz CT molecular complexity index is 931. The van der Waals surface area contributed by atoms with Crippen LogP contribution in [-0.2, 0) is 16.0 Å². The minimum atomic E-state index is 0.0833. The van der Waals surface area contributed by atoms with Crippen LogP contribution in [0.4, 0.5) is 5.69 Å². The van der Waals surface area contributed by atoms with E-state index in [0.29, 0.717) is 18.6 Å². The Morgan fingerprint density at radius 2 is 2.20 bits per heavy atom. The zero-order valence-corrected chi connectivity index (χ0v) is 17.8. The van der Waals surface area contributed by atoms with Gasteiger partial charge in [0.15, 0.2) is 0 Å². The number of ether oxygens (including phenoxy) is 2. The number of hydrogen-bond donors (Lipinski definition) is 1. The van der Waals surface area contributed by atoms with Gasteiger partial charge >= 0.3 is 0 Å². The van der Waals surface area contributed by atoms with E-state index in [9.17, 15) is 4.79 Å². The molecule has 2 saturated heterocycles. The van der Waals surface area contributed by atoms with Crippen LogP contribution in [-0.4, -0.2) is 54.6 Å². The number of aromatic nitrogens is 2. The first-order chi connectivity index (χ1) is 14.6. The number of carbonyl (C=O) groups is 1. The van der Waals surface area contributed by atoms with Crippen molar-refractivity contribution in [1.29, 1.82) is 0 Å². The van der Waals surface area contributed by atoms with Gasteiger partial charge in [0, 0.05) is 48.3 Å². The minimum Gasteiger partial charge on any atom is -0.492 e. The molecule has 1 aromatic heterocycles. The van der Waals surface area contributed by atoms with E-state index in [-0.39, 0.29) is 11.9 Å². The molecule has 5 rings (SSSR count). The Morgan fingerprint density at radius 3 is 2.90 bits per heavy atom. The molecule has 3 aliphatic rings. The van der Waals surface area contributed by atoms with Gasteiger partial charge in [0.05, 0.1) is 37.7 Å². The van der Waals surface area contributed by atoms with Crippen molar-refractivity contribution in [3.05, 3.63) is 30.1 Å². The van der Waals surface area contributed by atoms with E-state index in [1.165, 1.54) is 0 Å². The number of amides is 1. The van der Waals surface area contributed by atoms with Crippen LogP contribution in [0.1, 0.15) is 38.3 Å². The van der Waals surface area contributed by atoms with Gasteiger partial charge < -0.3 is 19.7 Å². The Balaban J connectivity index is 1.53. The number of benzene rings is 1. The van der Waals surface area contributed by atoms with Gasteiger partial charge in [-0.1, -0.05) is 0 Å². The summed E-state index contributed by atoms with van der Waals surface area (Å²) in [7, 11) is 0. The van der Waals surface area contributed by atoms with E-state index < -0.39 is 0 Å². The van der Waals surface area contributed by atoms with Crippen LogP contribution in [0.3, 0.4) is 0 Å². The normalized spacial score (nSPS) is 23.9. The zero-order chi connectivity index (χ0) is 20.7. The van der Waals surface area contributed by atoms with Crippen LogP contribution in [0.25, 0.3) is 11.1 Å². The first-order valence-electron chi connectivity index (χ1n) is 11.0. The number of carbonyl (C=O) groups excluding carboxylic acids is 1. The molecular formula is C23H30N4O3. The Kier molecular flexibility index (Phi) is 5.25. The zero-order valence-electron chi connectivity index (χ0n) is 17.8. The van der Waals surface area contributed by atoms with Crippen LogP contribution in [0.5, 0.6) is 5.75 Å². The third kappa shape index (κ3) is 3.50. The van der Waals surface area contributed by atoms with Crippen molar-refractivity contribution in [2.45, 2.75) is 45.2 Å². The molecule has 0 bridgehead atoms. The third-order valence-electron chi connectivity index (χ3n) is 6.62. The van der Waals surface area contributed by atoms with Crippen LogP contribution < -0.4 is 15.0 Å². The van der Waals surface area contributed by atoms with Crippen molar-refractivity contribution in [2.24, 2.45) is 5.92 Å². The third-order valence-corrected chi connectivity index (χ3v) is 6.62. The Labute approximate surface area is 177 Å². The molecular weight excluding hydrogens is 380 g/mol. The molecule has 0 aliphatic carbocycles. The summed E-state index contributed by atoms with van der Waals surface area (Å²) < 4.78 is 13.8. The predicted octanol–water partition coefficient (Wildman–Crippen LogP) is 2.80. The summed E-state index contributed by atoms with van der Waals surface area (Å²) in [6.45, 7) is 7.95. The predicted molar refractivity (Wildman–Crippen MR) is 115 cm³/mol. The van der Waals surface area contributed by atoms with Crippen molar-refractivity contribution in [2.75, 3.05) is 37.8 Å². The first kappa shape index (κ1) is 19.6. The van der Waals surface area contributed by atoms with Crippen molar-refractivity contribution in [3.63, 3.8) is 0 Å². The summed E-state index contributed by atoms with van der Waals surface area (Å²) in [4.78, 5) is 14.3. The van der Waals surface area contributed by atoms with Gasteiger partial charge in [-0.05, 0) is 44.9 Å². The summed E-state index contributed by atoms with van der Waals surface area (Å²) in [5.41, 5.74) is 4.25. The molecule has 160 valence electrons. The lowest BCUT2D eigenvalue weighted by atomic mass is 9.92. The van der Waals surface area contributed by atoms with Crippen LogP contribution >= 0.6 is 0 Å². The fourth-order valence-corrected chi connectivity index (χ4v) is 4.79. The van der Waals surface area contributed by atoms with E-state index in [1.54, 1.807) is 6.92 Å². The highest BCUT2D eigenvalue weighted by Crippen LogP contribution is 2.43. The second kappa shape index (κ2) is 8.04. The summed E-state index contributed by atoms with van der Waals surface area (Å²) >= 11 is 0. The van der Waals surface area contributed by atoms with Crippen LogP contribution in [0, 0.1) is 5.92 Å². The average molecular weight is 411 g/mol. The molecule has 0 saturated carbocycles.